The number of hydrogen-bond acceptors (Lipinski definition) is 5. The molecule has 1 heterocycles. The van der Waals surface area contributed by atoms with Crippen molar-refractivity contribution in [3.63, 3.8) is 0 Å². The smallest absolute Gasteiger partial charge is 0.307 e. The van der Waals surface area contributed by atoms with Gasteiger partial charge in [0.1, 0.15) is 11.3 Å². The summed E-state index contributed by atoms with van der Waals surface area (Å²) in [6.45, 7) is 1.64. The van der Waals surface area contributed by atoms with E-state index in [1.165, 1.54) is 18.2 Å². The molecular weight excluding hydrogens is 315 g/mol. The maximum absolute atomic E-state index is 13.2. The molecule has 7 heteroatoms. The molecule has 0 saturated carbocycles. The number of phenols is 2. The Balaban J connectivity index is 1.83. The normalized spacial score (nSPS) is 11.2. The number of aromatic hydroxyl groups is 2. The first kappa shape index (κ1) is 15.5. The summed E-state index contributed by atoms with van der Waals surface area (Å²) >= 11 is 0. The van der Waals surface area contributed by atoms with Crippen molar-refractivity contribution in [2.75, 3.05) is 0 Å². The summed E-state index contributed by atoms with van der Waals surface area (Å²) < 4.78 is 18.6. The van der Waals surface area contributed by atoms with Crippen molar-refractivity contribution in [2.24, 2.45) is 5.10 Å². The van der Waals surface area contributed by atoms with E-state index in [-0.39, 0.29) is 17.1 Å². The van der Waals surface area contributed by atoms with Gasteiger partial charge in [0.05, 0.1) is 11.6 Å². The van der Waals surface area contributed by atoms with Gasteiger partial charge in [-0.3, -0.25) is 4.79 Å². The number of nitrogens with zero attached hydrogens (tertiary/aromatic N) is 1. The van der Waals surface area contributed by atoms with Crippen LogP contribution < -0.4 is 5.43 Å². The van der Waals surface area contributed by atoms with E-state index in [1.54, 1.807) is 19.1 Å². The average Bonchev–Trinajstić information content (AvgIpc) is 2.90. The van der Waals surface area contributed by atoms with E-state index in [4.69, 9.17) is 4.42 Å². The number of nitrogens with one attached hydrogen (secondary N) is 1. The number of carbonyl (C=O) groups excluding carboxylic acids is 1. The number of halogens is 1. The standard InChI is InChI=1S/C17H13FN2O4/c1-9-14-12(21)6-3-7-13(14)24-16(9)17(23)20-19-8-10-4-2-5-11(18)15(10)22/h2-8,21-22H,1H3,(H,20,23)/b19-8-. The Hall–Kier alpha value is -3.35. The van der Waals surface area contributed by atoms with Gasteiger partial charge in [-0.2, -0.15) is 5.10 Å². The van der Waals surface area contributed by atoms with Crippen LogP contribution in [-0.2, 0) is 0 Å². The van der Waals surface area contributed by atoms with Crippen LogP contribution in [-0.4, -0.2) is 22.3 Å². The van der Waals surface area contributed by atoms with E-state index < -0.39 is 17.5 Å². The number of carbonyl (C=O) groups is 1. The summed E-state index contributed by atoms with van der Waals surface area (Å²) in [4.78, 5) is 12.2. The number of furan rings is 1. The van der Waals surface area contributed by atoms with Gasteiger partial charge in [0, 0.05) is 11.1 Å². The first-order valence-corrected chi connectivity index (χ1v) is 7.01. The molecule has 0 atom stereocenters. The Morgan fingerprint density at radius 1 is 1.25 bits per heavy atom. The second kappa shape index (κ2) is 6.04. The van der Waals surface area contributed by atoms with Crippen LogP contribution in [0.25, 0.3) is 11.0 Å². The molecule has 24 heavy (non-hydrogen) atoms. The van der Waals surface area contributed by atoms with Gasteiger partial charge < -0.3 is 14.6 Å². The Morgan fingerprint density at radius 2 is 2.00 bits per heavy atom. The Kier molecular flexibility index (Phi) is 3.91. The van der Waals surface area contributed by atoms with E-state index in [0.717, 1.165) is 12.3 Å². The van der Waals surface area contributed by atoms with E-state index >= 15 is 0 Å². The molecule has 6 nitrogen and oxygen atoms in total. The highest BCUT2D eigenvalue weighted by molar-refractivity contribution is 6.01. The van der Waals surface area contributed by atoms with Crippen LogP contribution in [0.5, 0.6) is 11.5 Å². The second-order valence-corrected chi connectivity index (χ2v) is 5.08. The lowest BCUT2D eigenvalue weighted by Crippen LogP contribution is -2.17. The third-order valence-corrected chi connectivity index (χ3v) is 3.53. The van der Waals surface area contributed by atoms with Crippen LogP contribution >= 0.6 is 0 Å². The van der Waals surface area contributed by atoms with Crippen LogP contribution in [0.3, 0.4) is 0 Å². The fourth-order valence-electron chi connectivity index (χ4n) is 2.35. The number of hydrazone groups is 1. The molecule has 0 aliphatic rings. The molecule has 0 fully saturated rings. The predicted octanol–water partition coefficient (Wildman–Crippen LogP) is 3.06. The maximum Gasteiger partial charge on any atom is 0.307 e. The molecule has 1 aromatic heterocycles. The minimum atomic E-state index is -0.783. The van der Waals surface area contributed by atoms with Gasteiger partial charge in [-0.05, 0) is 31.2 Å². The number of amides is 1. The summed E-state index contributed by atoms with van der Waals surface area (Å²) in [5.41, 5.74) is 3.21. The number of fused-ring (bicyclic) bond motifs is 1. The largest absolute Gasteiger partial charge is 0.507 e. The molecule has 3 rings (SSSR count). The predicted molar refractivity (Wildman–Crippen MR) is 85.7 cm³/mol. The first-order chi connectivity index (χ1) is 11.5. The molecule has 0 unspecified atom stereocenters. The minimum Gasteiger partial charge on any atom is -0.507 e. The first-order valence-electron chi connectivity index (χ1n) is 7.01. The molecule has 0 saturated heterocycles. The van der Waals surface area contributed by atoms with Crippen molar-refractivity contribution in [2.45, 2.75) is 6.92 Å². The summed E-state index contributed by atoms with van der Waals surface area (Å²) in [6, 6.07) is 8.69. The van der Waals surface area contributed by atoms with Crippen molar-refractivity contribution in [1.82, 2.24) is 5.43 Å². The molecule has 1 amide bonds. The Bertz CT molecular complexity index is 963. The SMILES string of the molecule is Cc1c(C(=O)N/N=C\c2cccc(F)c2O)oc2cccc(O)c12. The molecule has 122 valence electrons. The van der Waals surface area contributed by atoms with Gasteiger partial charge in [0.2, 0.25) is 0 Å². The van der Waals surface area contributed by atoms with Crippen LogP contribution in [0.4, 0.5) is 4.39 Å². The van der Waals surface area contributed by atoms with Crippen LogP contribution in [0.15, 0.2) is 45.9 Å². The minimum absolute atomic E-state index is 0.00659. The molecule has 0 spiro atoms. The summed E-state index contributed by atoms with van der Waals surface area (Å²) in [5.74, 6) is -1.95. The number of rotatable bonds is 3. The number of phenolic OH excluding ortho intramolecular Hbond substituents is 2. The highest BCUT2D eigenvalue weighted by Crippen LogP contribution is 2.32. The van der Waals surface area contributed by atoms with Crippen molar-refractivity contribution < 1.29 is 23.8 Å². The fourth-order valence-corrected chi connectivity index (χ4v) is 2.35. The highest BCUT2D eigenvalue weighted by atomic mass is 19.1. The zero-order valence-corrected chi connectivity index (χ0v) is 12.6. The van der Waals surface area contributed by atoms with E-state index in [1.807, 2.05) is 0 Å². The lowest BCUT2D eigenvalue weighted by molar-refractivity contribution is 0.0929. The molecule has 2 aromatic carbocycles. The van der Waals surface area contributed by atoms with Crippen molar-refractivity contribution in [1.29, 1.82) is 0 Å². The van der Waals surface area contributed by atoms with Gasteiger partial charge in [-0.1, -0.05) is 12.1 Å². The number of para-hydroxylation sites is 1. The molecule has 0 aliphatic heterocycles. The van der Waals surface area contributed by atoms with Crippen molar-refractivity contribution >= 4 is 23.1 Å². The van der Waals surface area contributed by atoms with Crippen molar-refractivity contribution in [3.05, 3.63) is 59.1 Å². The summed E-state index contributed by atoms with van der Waals surface area (Å²) in [7, 11) is 0. The Morgan fingerprint density at radius 3 is 2.75 bits per heavy atom. The molecule has 0 bridgehead atoms. The summed E-state index contributed by atoms with van der Waals surface area (Å²) in [5, 5.41) is 23.5. The van der Waals surface area contributed by atoms with Crippen LogP contribution in [0.2, 0.25) is 0 Å². The zero-order valence-electron chi connectivity index (χ0n) is 12.6. The van der Waals surface area contributed by atoms with Gasteiger partial charge >= 0.3 is 5.91 Å². The van der Waals surface area contributed by atoms with Crippen LogP contribution in [0, 0.1) is 12.7 Å². The van der Waals surface area contributed by atoms with E-state index in [0.29, 0.717) is 16.5 Å². The zero-order chi connectivity index (χ0) is 17.3. The molecule has 3 N–H and O–H groups in total. The lowest BCUT2D eigenvalue weighted by atomic mass is 10.1. The number of benzene rings is 2. The quantitative estimate of drug-likeness (QED) is 0.509. The summed E-state index contributed by atoms with van der Waals surface area (Å²) in [6.07, 6.45) is 1.12. The van der Waals surface area contributed by atoms with Crippen LogP contribution in [0.1, 0.15) is 21.7 Å². The third kappa shape index (κ3) is 2.67. The Labute approximate surface area is 135 Å². The maximum atomic E-state index is 13.2. The third-order valence-electron chi connectivity index (χ3n) is 3.53. The van der Waals surface area contributed by atoms with Crippen molar-refractivity contribution in [3.8, 4) is 11.5 Å². The molecule has 0 aliphatic carbocycles. The number of aryl methyl sites for hydroxylation is 1. The van der Waals surface area contributed by atoms with E-state index in [2.05, 4.69) is 10.5 Å². The molecule has 3 aromatic rings. The van der Waals surface area contributed by atoms with Gasteiger partial charge in [0.15, 0.2) is 17.3 Å². The van der Waals surface area contributed by atoms with Gasteiger partial charge in [-0.25, -0.2) is 9.82 Å². The fraction of sp³-hybridized carbons (Fsp3) is 0.0588. The monoisotopic (exact) mass is 328 g/mol. The molecular formula is C17H13FN2O4. The van der Waals surface area contributed by atoms with Gasteiger partial charge in [-0.15, -0.1) is 0 Å². The average molecular weight is 328 g/mol. The second-order valence-electron chi connectivity index (χ2n) is 5.08. The topological polar surface area (TPSA) is 95.1 Å². The van der Waals surface area contributed by atoms with E-state index in [9.17, 15) is 19.4 Å². The van der Waals surface area contributed by atoms with Gasteiger partial charge in [0.25, 0.3) is 0 Å². The number of hydrogen-bond donors (Lipinski definition) is 3. The lowest BCUT2D eigenvalue weighted by Gasteiger charge is -2.00. The highest BCUT2D eigenvalue weighted by Gasteiger charge is 2.19. The molecule has 0 radical (unpaired) electrons.